The van der Waals surface area contributed by atoms with Crippen LogP contribution in [0.4, 0.5) is 5.13 Å². The zero-order valence-corrected chi connectivity index (χ0v) is 23.6. The number of nitrogens with zero attached hydrogens (tertiary/aromatic N) is 4. The lowest BCUT2D eigenvalue weighted by Crippen LogP contribution is -2.29. The van der Waals surface area contributed by atoms with Gasteiger partial charge >= 0.3 is 5.91 Å². The van der Waals surface area contributed by atoms with E-state index in [9.17, 15) is 14.7 Å². The number of ether oxygens (including phenoxy) is 1. The van der Waals surface area contributed by atoms with Gasteiger partial charge in [0.15, 0.2) is 4.34 Å². The van der Waals surface area contributed by atoms with Crippen molar-refractivity contribution in [2.24, 2.45) is 0 Å². The monoisotopic (exact) mass is 580 g/mol. The lowest BCUT2D eigenvalue weighted by Gasteiger charge is -2.22. The lowest BCUT2D eigenvalue weighted by molar-refractivity contribution is -0.132. The Bertz CT molecular complexity index is 1770. The predicted octanol–water partition coefficient (Wildman–Crippen LogP) is 6.40. The second kappa shape index (κ2) is 11.5. The molecule has 8 nitrogen and oxygen atoms in total. The molecule has 1 fully saturated rings. The Labute approximate surface area is 244 Å². The van der Waals surface area contributed by atoms with E-state index in [-0.39, 0.29) is 16.5 Å². The standard InChI is InChI=1S/C31H24N4O4S2/c1-2-39-23-12-10-20(11-13-23)26-25(27(36)21-14-16-32-17-15-21)28(37)29(38)35(26)30-33-34-31(41-30)40-18-22-8-5-7-19-6-3-4-9-24(19)22/h3-17,26,36H,2,18H2,1H3/b27-25+. The van der Waals surface area contributed by atoms with Crippen LogP contribution in [0.1, 0.15) is 29.7 Å². The van der Waals surface area contributed by atoms with Crippen molar-refractivity contribution in [2.45, 2.75) is 23.1 Å². The zero-order chi connectivity index (χ0) is 28.3. The molecule has 1 aliphatic heterocycles. The molecular weight excluding hydrogens is 556 g/mol. The number of Topliss-reactive ketones (excluding diaryl/α,β-unsaturated/α-hetero) is 1. The number of aromatic nitrogens is 3. The number of thioether (sulfide) groups is 1. The Balaban J connectivity index is 1.36. The van der Waals surface area contributed by atoms with Crippen LogP contribution in [0.25, 0.3) is 16.5 Å². The Kier molecular flexibility index (Phi) is 7.49. The Morgan fingerprint density at radius 2 is 1.73 bits per heavy atom. The minimum absolute atomic E-state index is 0.0227. The molecule has 10 heteroatoms. The van der Waals surface area contributed by atoms with Gasteiger partial charge in [-0.3, -0.25) is 19.5 Å². The number of hydrogen-bond acceptors (Lipinski definition) is 9. The van der Waals surface area contributed by atoms with E-state index >= 15 is 0 Å². The van der Waals surface area contributed by atoms with Crippen LogP contribution < -0.4 is 9.64 Å². The molecule has 0 saturated carbocycles. The summed E-state index contributed by atoms with van der Waals surface area (Å²) in [7, 11) is 0. The largest absolute Gasteiger partial charge is 0.507 e. The molecule has 3 heterocycles. The van der Waals surface area contributed by atoms with Crippen molar-refractivity contribution in [1.29, 1.82) is 0 Å². The molecule has 6 rings (SSSR count). The van der Waals surface area contributed by atoms with Crippen molar-refractivity contribution >= 4 is 56.5 Å². The topological polar surface area (TPSA) is 106 Å². The summed E-state index contributed by atoms with van der Waals surface area (Å²) in [5, 5.41) is 22.5. The Morgan fingerprint density at radius 1 is 0.976 bits per heavy atom. The quantitative estimate of drug-likeness (QED) is 0.0739. The minimum Gasteiger partial charge on any atom is -0.507 e. The third-order valence-electron chi connectivity index (χ3n) is 6.74. The number of hydrogen-bond donors (Lipinski definition) is 1. The van der Waals surface area contributed by atoms with Gasteiger partial charge in [-0.05, 0) is 53.1 Å². The highest BCUT2D eigenvalue weighted by Gasteiger charge is 2.48. The number of amides is 1. The molecule has 204 valence electrons. The number of pyridine rings is 1. The van der Waals surface area contributed by atoms with Gasteiger partial charge in [0.05, 0.1) is 18.2 Å². The van der Waals surface area contributed by atoms with Crippen LogP contribution in [-0.4, -0.2) is 38.6 Å². The average molecular weight is 581 g/mol. The number of aliphatic hydroxyl groups is 1. The summed E-state index contributed by atoms with van der Waals surface area (Å²) in [5.41, 5.74) is 2.16. The Morgan fingerprint density at radius 3 is 2.51 bits per heavy atom. The van der Waals surface area contributed by atoms with Gasteiger partial charge in [0.1, 0.15) is 11.5 Å². The maximum absolute atomic E-state index is 13.5. The molecule has 1 atom stereocenters. The number of rotatable bonds is 8. The van der Waals surface area contributed by atoms with Gasteiger partial charge in [0.2, 0.25) is 5.13 Å². The van der Waals surface area contributed by atoms with Gasteiger partial charge in [-0.2, -0.15) is 0 Å². The third kappa shape index (κ3) is 5.19. The fraction of sp³-hybridized carbons (Fsp3) is 0.129. The number of carbonyl (C=O) groups is 2. The van der Waals surface area contributed by atoms with Crippen molar-refractivity contribution in [3.05, 3.63) is 114 Å². The van der Waals surface area contributed by atoms with E-state index in [1.807, 2.05) is 25.1 Å². The van der Waals surface area contributed by atoms with Gasteiger partial charge in [-0.15, -0.1) is 10.2 Å². The van der Waals surface area contributed by atoms with Gasteiger partial charge < -0.3 is 9.84 Å². The van der Waals surface area contributed by atoms with Gasteiger partial charge in [-0.25, -0.2) is 0 Å². The summed E-state index contributed by atoms with van der Waals surface area (Å²) in [6.07, 6.45) is 3.03. The number of aliphatic hydroxyl groups excluding tert-OH is 1. The second-order valence-electron chi connectivity index (χ2n) is 9.18. The van der Waals surface area contributed by atoms with E-state index in [1.54, 1.807) is 36.4 Å². The van der Waals surface area contributed by atoms with E-state index in [0.29, 0.717) is 33.6 Å². The minimum atomic E-state index is -0.900. The number of carbonyl (C=O) groups excluding carboxylic acids is 2. The molecule has 1 amide bonds. The summed E-state index contributed by atoms with van der Waals surface area (Å²) in [6.45, 7) is 2.40. The van der Waals surface area contributed by atoms with Crippen LogP contribution >= 0.6 is 23.1 Å². The number of anilines is 1. The van der Waals surface area contributed by atoms with Gasteiger partial charge in [0, 0.05) is 23.7 Å². The second-order valence-corrected chi connectivity index (χ2v) is 11.4. The van der Waals surface area contributed by atoms with E-state index in [0.717, 1.165) is 10.9 Å². The summed E-state index contributed by atoms with van der Waals surface area (Å²) in [4.78, 5) is 32.2. The number of ketones is 1. The normalized spacial score (nSPS) is 16.4. The lowest BCUT2D eigenvalue weighted by atomic mass is 9.95. The summed E-state index contributed by atoms with van der Waals surface area (Å²) in [6, 6.07) is 23.8. The SMILES string of the molecule is CCOc1ccc(C2/C(=C(\O)c3ccncc3)C(=O)C(=O)N2c2nnc(SCc3cccc4ccccc34)s2)cc1. The highest BCUT2D eigenvalue weighted by Crippen LogP contribution is 2.44. The molecule has 5 aromatic rings. The van der Waals surface area contributed by atoms with Crippen molar-refractivity contribution in [1.82, 2.24) is 15.2 Å². The fourth-order valence-electron chi connectivity index (χ4n) is 4.84. The molecule has 3 aromatic carbocycles. The molecule has 1 saturated heterocycles. The first-order valence-electron chi connectivity index (χ1n) is 12.9. The van der Waals surface area contributed by atoms with Crippen molar-refractivity contribution in [3.8, 4) is 5.75 Å². The first kappa shape index (κ1) is 26.7. The van der Waals surface area contributed by atoms with Crippen LogP contribution in [0, 0.1) is 0 Å². The molecule has 2 aromatic heterocycles. The molecule has 0 aliphatic carbocycles. The van der Waals surface area contributed by atoms with Crippen molar-refractivity contribution in [2.75, 3.05) is 11.5 Å². The average Bonchev–Trinajstić information content (AvgIpc) is 3.58. The van der Waals surface area contributed by atoms with Crippen molar-refractivity contribution < 1.29 is 19.4 Å². The summed E-state index contributed by atoms with van der Waals surface area (Å²) < 4.78 is 6.24. The molecule has 0 bridgehead atoms. The van der Waals surface area contributed by atoms with E-state index < -0.39 is 17.7 Å². The molecule has 1 N–H and O–H groups in total. The number of benzene rings is 3. The molecule has 41 heavy (non-hydrogen) atoms. The summed E-state index contributed by atoms with van der Waals surface area (Å²) >= 11 is 2.75. The van der Waals surface area contributed by atoms with E-state index in [1.165, 1.54) is 45.8 Å². The molecular formula is C31H24N4O4S2. The molecule has 1 aliphatic rings. The van der Waals surface area contributed by atoms with Gasteiger partial charge in [-0.1, -0.05) is 77.7 Å². The third-order valence-corrected chi connectivity index (χ3v) is 8.84. The molecule has 0 spiro atoms. The van der Waals surface area contributed by atoms with Crippen LogP contribution in [0.5, 0.6) is 5.75 Å². The Hall–Kier alpha value is -4.54. The highest BCUT2D eigenvalue weighted by molar-refractivity contribution is 8.00. The summed E-state index contributed by atoms with van der Waals surface area (Å²) in [5.74, 6) is -0.522. The number of fused-ring (bicyclic) bond motifs is 1. The maximum Gasteiger partial charge on any atom is 0.301 e. The predicted molar refractivity (Wildman–Crippen MR) is 160 cm³/mol. The first-order chi connectivity index (χ1) is 20.0. The first-order valence-corrected chi connectivity index (χ1v) is 14.7. The zero-order valence-electron chi connectivity index (χ0n) is 21.9. The molecule has 1 unspecified atom stereocenters. The van der Waals surface area contributed by atoms with Crippen LogP contribution in [0.3, 0.4) is 0 Å². The van der Waals surface area contributed by atoms with E-state index in [2.05, 4.69) is 39.4 Å². The molecule has 0 radical (unpaired) electrons. The highest BCUT2D eigenvalue weighted by atomic mass is 32.2. The van der Waals surface area contributed by atoms with Crippen LogP contribution in [0.15, 0.2) is 101 Å². The van der Waals surface area contributed by atoms with Crippen LogP contribution in [-0.2, 0) is 15.3 Å². The van der Waals surface area contributed by atoms with Crippen LogP contribution in [0.2, 0.25) is 0 Å². The maximum atomic E-state index is 13.5. The smallest absolute Gasteiger partial charge is 0.301 e. The van der Waals surface area contributed by atoms with Crippen molar-refractivity contribution in [3.63, 3.8) is 0 Å². The van der Waals surface area contributed by atoms with Gasteiger partial charge in [0.25, 0.3) is 5.78 Å². The van der Waals surface area contributed by atoms with E-state index in [4.69, 9.17) is 4.74 Å². The fourth-order valence-corrected chi connectivity index (χ4v) is 6.71.